The molecule has 0 radical (unpaired) electrons. The molecule has 0 spiro atoms. The van der Waals surface area contributed by atoms with Crippen LogP contribution in [0.1, 0.15) is 50.8 Å². The summed E-state index contributed by atoms with van der Waals surface area (Å²) in [5.41, 5.74) is 0. The van der Waals surface area contributed by atoms with E-state index in [0.717, 1.165) is 18.1 Å². The van der Waals surface area contributed by atoms with Crippen LogP contribution in [-0.2, 0) is 6.42 Å². The second-order valence-electron chi connectivity index (χ2n) is 4.01. The van der Waals surface area contributed by atoms with E-state index in [4.69, 9.17) is 0 Å². The van der Waals surface area contributed by atoms with Crippen LogP contribution >= 0.6 is 0 Å². The van der Waals surface area contributed by atoms with E-state index < -0.39 is 0 Å². The van der Waals surface area contributed by atoms with Gasteiger partial charge in [0, 0.05) is 12.5 Å². The van der Waals surface area contributed by atoms with Gasteiger partial charge in [0.05, 0.1) is 6.04 Å². The number of aryl methyl sites for hydroxylation is 1. The molecule has 4 nitrogen and oxygen atoms in total. The van der Waals surface area contributed by atoms with Gasteiger partial charge in [-0.25, -0.2) is 4.98 Å². The number of hydrogen-bond acceptors (Lipinski definition) is 3. The average molecular weight is 194 g/mol. The number of aromatic nitrogens is 3. The van der Waals surface area contributed by atoms with Gasteiger partial charge in [0.1, 0.15) is 5.82 Å². The molecule has 1 aliphatic carbocycles. The molecule has 0 bridgehead atoms. The molecule has 2 N–H and O–H groups in total. The molecule has 1 fully saturated rings. The first-order chi connectivity index (χ1) is 6.79. The highest BCUT2D eigenvalue weighted by molar-refractivity contribution is 4.96. The molecule has 2 rings (SSSR count). The Morgan fingerprint density at radius 2 is 2.36 bits per heavy atom. The minimum Gasteiger partial charge on any atom is -0.305 e. The van der Waals surface area contributed by atoms with E-state index in [-0.39, 0.29) is 6.04 Å². The number of aromatic amines is 1. The van der Waals surface area contributed by atoms with Crippen LogP contribution in [0, 0.1) is 0 Å². The molecule has 0 amide bonds. The summed E-state index contributed by atoms with van der Waals surface area (Å²) >= 11 is 0. The molecule has 1 aromatic rings. The van der Waals surface area contributed by atoms with Gasteiger partial charge in [0.2, 0.25) is 0 Å². The zero-order valence-electron chi connectivity index (χ0n) is 8.88. The minimum absolute atomic E-state index is 0.275. The topological polar surface area (TPSA) is 53.6 Å². The fourth-order valence-corrected chi connectivity index (χ4v) is 1.66. The molecule has 0 saturated heterocycles. The Kier molecular flexibility index (Phi) is 2.82. The van der Waals surface area contributed by atoms with E-state index in [2.05, 4.69) is 34.3 Å². The van der Waals surface area contributed by atoms with Crippen LogP contribution in [-0.4, -0.2) is 21.2 Å². The van der Waals surface area contributed by atoms with Gasteiger partial charge in [-0.3, -0.25) is 5.10 Å². The van der Waals surface area contributed by atoms with Gasteiger partial charge in [-0.2, -0.15) is 5.10 Å². The Balaban J connectivity index is 1.92. The average Bonchev–Trinajstić information content (AvgIpc) is 2.59. The number of hydrogen-bond donors (Lipinski definition) is 2. The summed E-state index contributed by atoms with van der Waals surface area (Å²) in [4.78, 5) is 4.41. The third-order valence-corrected chi connectivity index (χ3v) is 2.86. The molecular weight excluding hydrogens is 176 g/mol. The lowest BCUT2D eigenvalue weighted by Gasteiger charge is -2.28. The standard InChI is InChI=1S/C10H18N4/c1-3-9-12-10(14-13-9)7(2)11-8-5-4-6-8/h7-8,11H,3-6H2,1-2H3,(H,12,13,14). The smallest absolute Gasteiger partial charge is 0.167 e. The van der Waals surface area contributed by atoms with Gasteiger partial charge in [-0.15, -0.1) is 0 Å². The fraction of sp³-hybridized carbons (Fsp3) is 0.800. The summed E-state index contributed by atoms with van der Waals surface area (Å²) in [6.07, 6.45) is 4.88. The van der Waals surface area contributed by atoms with Crippen LogP contribution in [0.15, 0.2) is 0 Å². The molecular formula is C10H18N4. The summed E-state index contributed by atoms with van der Waals surface area (Å²) in [6, 6.07) is 0.963. The first-order valence-corrected chi connectivity index (χ1v) is 5.46. The van der Waals surface area contributed by atoms with E-state index in [1.807, 2.05) is 0 Å². The Morgan fingerprint density at radius 1 is 1.57 bits per heavy atom. The summed E-state index contributed by atoms with van der Waals surface area (Å²) < 4.78 is 0. The van der Waals surface area contributed by atoms with Gasteiger partial charge >= 0.3 is 0 Å². The Labute approximate surface area is 84.5 Å². The maximum atomic E-state index is 4.41. The van der Waals surface area contributed by atoms with Gasteiger partial charge in [-0.1, -0.05) is 13.3 Å². The van der Waals surface area contributed by atoms with E-state index in [1.165, 1.54) is 19.3 Å². The Hall–Kier alpha value is -0.900. The van der Waals surface area contributed by atoms with Gasteiger partial charge < -0.3 is 5.32 Å². The highest BCUT2D eigenvalue weighted by Gasteiger charge is 2.21. The summed E-state index contributed by atoms with van der Waals surface area (Å²) in [5.74, 6) is 1.87. The van der Waals surface area contributed by atoms with Crippen molar-refractivity contribution in [2.24, 2.45) is 0 Å². The van der Waals surface area contributed by atoms with Crippen molar-refractivity contribution in [3.8, 4) is 0 Å². The predicted molar refractivity (Wildman–Crippen MR) is 55.0 cm³/mol. The fourth-order valence-electron chi connectivity index (χ4n) is 1.66. The molecule has 1 aliphatic rings. The largest absolute Gasteiger partial charge is 0.305 e. The van der Waals surface area contributed by atoms with Crippen LogP contribution in [0.2, 0.25) is 0 Å². The first-order valence-electron chi connectivity index (χ1n) is 5.46. The van der Waals surface area contributed by atoms with Crippen molar-refractivity contribution < 1.29 is 0 Å². The lowest BCUT2D eigenvalue weighted by atomic mass is 9.92. The molecule has 4 heteroatoms. The second kappa shape index (κ2) is 4.09. The normalized spacial score (nSPS) is 19.3. The summed E-state index contributed by atoms with van der Waals surface area (Å²) in [6.45, 7) is 4.20. The van der Waals surface area contributed by atoms with Crippen molar-refractivity contribution in [3.63, 3.8) is 0 Å². The SMILES string of the molecule is CCc1nc(C(C)NC2CCC2)n[nH]1. The number of H-pyrrole nitrogens is 1. The van der Waals surface area contributed by atoms with Gasteiger partial charge in [0.15, 0.2) is 5.82 Å². The molecule has 14 heavy (non-hydrogen) atoms. The van der Waals surface area contributed by atoms with Crippen LogP contribution in [0.3, 0.4) is 0 Å². The van der Waals surface area contributed by atoms with Crippen LogP contribution in [0.4, 0.5) is 0 Å². The lowest BCUT2D eigenvalue weighted by Crippen LogP contribution is -2.37. The van der Waals surface area contributed by atoms with Crippen molar-refractivity contribution in [1.29, 1.82) is 0 Å². The van der Waals surface area contributed by atoms with Crippen LogP contribution < -0.4 is 5.32 Å². The zero-order valence-corrected chi connectivity index (χ0v) is 8.88. The lowest BCUT2D eigenvalue weighted by molar-refractivity contribution is 0.309. The van der Waals surface area contributed by atoms with E-state index in [9.17, 15) is 0 Å². The van der Waals surface area contributed by atoms with Crippen molar-refractivity contribution in [3.05, 3.63) is 11.6 Å². The molecule has 1 aromatic heterocycles. The monoisotopic (exact) mass is 194 g/mol. The van der Waals surface area contributed by atoms with Gasteiger partial charge in [0.25, 0.3) is 0 Å². The van der Waals surface area contributed by atoms with E-state index >= 15 is 0 Å². The minimum atomic E-state index is 0.275. The van der Waals surface area contributed by atoms with Crippen molar-refractivity contribution >= 4 is 0 Å². The second-order valence-corrected chi connectivity index (χ2v) is 4.01. The highest BCUT2D eigenvalue weighted by Crippen LogP contribution is 2.21. The quantitative estimate of drug-likeness (QED) is 0.765. The molecule has 1 heterocycles. The first kappa shape index (κ1) is 9.65. The number of nitrogens with zero attached hydrogens (tertiary/aromatic N) is 2. The Morgan fingerprint density at radius 3 is 2.86 bits per heavy atom. The number of nitrogens with one attached hydrogen (secondary N) is 2. The summed E-state index contributed by atoms with van der Waals surface area (Å²) in [7, 11) is 0. The Bertz CT molecular complexity index is 290. The van der Waals surface area contributed by atoms with Crippen LogP contribution in [0.25, 0.3) is 0 Å². The van der Waals surface area contributed by atoms with Crippen molar-refractivity contribution in [2.75, 3.05) is 0 Å². The maximum absolute atomic E-state index is 4.41. The van der Waals surface area contributed by atoms with Gasteiger partial charge in [-0.05, 0) is 19.8 Å². The predicted octanol–water partition coefficient (Wildman–Crippen LogP) is 1.57. The number of rotatable bonds is 4. The van der Waals surface area contributed by atoms with E-state index in [1.54, 1.807) is 0 Å². The molecule has 0 aliphatic heterocycles. The van der Waals surface area contributed by atoms with E-state index in [0.29, 0.717) is 6.04 Å². The maximum Gasteiger partial charge on any atom is 0.167 e. The highest BCUT2D eigenvalue weighted by atomic mass is 15.2. The van der Waals surface area contributed by atoms with Crippen molar-refractivity contribution in [1.82, 2.24) is 20.5 Å². The van der Waals surface area contributed by atoms with Crippen LogP contribution in [0.5, 0.6) is 0 Å². The molecule has 1 atom stereocenters. The summed E-state index contributed by atoms with van der Waals surface area (Å²) in [5, 5.41) is 10.7. The third kappa shape index (κ3) is 1.95. The molecule has 0 aromatic carbocycles. The zero-order chi connectivity index (χ0) is 9.97. The molecule has 1 saturated carbocycles. The molecule has 78 valence electrons. The third-order valence-electron chi connectivity index (χ3n) is 2.86. The van der Waals surface area contributed by atoms with Crippen molar-refractivity contribution in [2.45, 2.75) is 51.6 Å². The molecule has 1 unspecified atom stereocenters.